The van der Waals surface area contributed by atoms with E-state index >= 15 is 0 Å². The van der Waals surface area contributed by atoms with Crippen LogP contribution in [-0.4, -0.2) is 87.0 Å². The SMILES string of the molecule is COC(=O)CC1C2(C)CC3(O)C(O)(C2OC(C)=O)C2OC4(C)OC25C2=CC(=O)OC(c6ccoc6)C2(C)C(O)CC5(O4)C13C. The van der Waals surface area contributed by atoms with Crippen molar-refractivity contribution in [3.05, 3.63) is 35.8 Å². The molecule has 4 heterocycles. The number of hydrogen-bond acceptors (Lipinski definition) is 13. The Hall–Kier alpha value is -2.81. The maximum Gasteiger partial charge on any atom is 0.331 e. The summed E-state index contributed by atoms with van der Waals surface area (Å²) in [5.74, 6) is -4.65. The fourth-order valence-electron chi connectivity index (χ4n) is 11.4. The van der Waals surface area contributed by atoms with Gasteiger partial charge < -0.3 is 48.2 Å². The van der Waals surface area contributed by atoms with Crippen LogP contribution >= 0.6 is 0 Å². The molecule has 13 unspecified atom stereocenters. The van der Waals surface area contributed by atoms with Crippen molar-refractivity contribution in [2.45, 2.75) is 107 Å². The predicted octanol–water partition coefficient (Wildman–Crippen LogP) is 1.19. The molecule has 1 spiro atoms. The van der Waals surface area contributed by atoms with Crippen molar-refractivity contribution in [3.63, 3.8) is 0 Å². The number of esters is 3. The molecule has 6 fully saturated rings. The monoisotopic (exact) mass is 616 g/mol. The van der Waals surface area contributed by atoms with Crippen LogP contribution in [0.25, 0.3) is 0 Å². The highest BCUT2D eigenvalue weighted by Crippen LogP contribution is 2.87. The Bertz CT molecular complexity index is 1550. The summed E-state index contributed by atoms with van der Waals surface area (Å²) < 4.78 is 42.1. The molecule has 4 aliphatic carbocycles. The molecule has 3 N–H and O–H groups in total. The number of aliphatic hydroxyl groups excluding tert-OH is 1. The summed E-state index contributed by atoms with van der Waals surface area (Å²) in [5, 5.41) is 38.3. The van der Waals surface area contributed by atoms with E-state index in [1.165, 1.54) is 39.6 Å². The third kappa shape index (κ3) is 2.53. The molecule has 7 aliphatic rings. The Morgan fingerprint density at radius 3 is 2.50 bits per heavy atom. The number of methoxy groups -OCH3 is 1. The molecular weight excluding hydrogens is 580 g/mol. The third-order valence-electron chi connectivity index (χ3n) is 12.8. The van der Waals surface area contributed by atoms with Gasteiger partial charge in [0.2, 0.25) is 0 Å². The molecule has 238 valence electrons. The molecule has 1 aromatic rings. The van der Waals surface area contributed by atoms with Gasteiger partial charge in [0.25, 0.3) is 5.97 Å². The van der Waals surface area contributed by atoms with Crippen molar-refractivity contribution in [2.75, 3.05) is 7.11 Å². The normalized spacial score (nSPS) is 55.6. The van der Waals surface area contributed by atoms with Crippen LogP contribution < -0.4 is 0 Å². The van der Waals surface area contributed by atoms with Crippen molar-refractivity contribution in [1.29, 1.82) is 0 Å². The van der Waals surface area contributed by atoms with Gasteiger partial charge in [0, 0.05) is 49.2 Å². The van der Waals surface area contributed by atoms with Crippen molar-refractivity contribution < 1.29 is 62.5 Å². The number of hydrogen-bond donors (Lipinski definition) is 3. The Morgan fingerprint density at radius 1 is 1.14 bits per heavy atom. The molecule has 0 amide bonds. The minimum atomic E-state index is -2.31. The predicted molar refractivity (Wildman–Crippen MR) is 142 cm³/mol. The van der Waals surface area contributed by atoms with Gasteiger partial charge in [0.1, 0.15) is 29.5 Å². The van der Waals surface area contributed by atoms with Crippen LogP contribution in [0.15, 0.2) is 34.7 Å². The Kier molecular flexibility index (Phi) is 5.05. The lowest BCUT2D eigenvalue weighted by Gasteiger charge is -2.75. The lowest BCUT2D eigenvalue weighted by atomic mass is 9.34. The number of cyclic esters (lactones) is 1. The molecular formula is C31H36O13. The zero-order valence-electron chi connectivity index (χ0n) is 25.2. The first-order chi connectivity index (χ1) is 20.4. The molecule has 8 rings (SSSR count). The molecule has 13 atom stereocenters. The van der Waals surface area contributed by atoms with Gasteiger partial charge in [-0.05, 0) is 30.9 Å². The number of furan rings is 1. The second kappa shape index (κ2) is 7.76. The summed E-state index contributed by atoms with van der Waals surface area (Å²) in [5.41, 5.74) is -11.2. The van der Waals surface area contributed by atoms with Crippen LogP contribution in [0.2, 0.25) is 0 Å². The molecule has 1 aromatic heterocycles. The number of ether oxygens (including phenoxy) is 6. The zero-order chi connectivity index (χ0) is 31.7. The van der Waals surface area contributed by atoms with E-state index in [0.717, 1.165) is 0 Å². The summed E-state index contributed by atoms with van der Waals surface area (Å²) >= 11 is 0. The van der Waals surface area contributed by atoms with Gasteiger partial charge >= 0.3 is 17.9 Å². The maximum absolute atomic E-state index is 13.4. The standard InChI is InChI=1S/C31H36O13/c1-14(32)40-22-24(2)13-28(36)26(4,16(24)9-19(34)38-6)29-11-18(33)25(3)17(10-20(35)41-21(25)15-7-8-39-12-15)31(29)23(30(22,28)37)42-27(5,43-29)44-31/h7-8,10,12,16,18,21-23,33,36-37H,9,11,13H2,1-6H3. The average Bonchev–Trinajstić information content (AvgIpc) is 3.71. The summed E-state index contributed by atoms with van der Waals surface area (Å²) in [6, 6.07) is 1.63. The van der Waals surface area contributed by atoms with Crippen LogP contribution in [-0.2, 0) is 42.8 Å². The highest BCUT2D eigenvalue weighted by molar-refractivity contribution is 5.86. The number of fused-ring (bicyclic) bond motifs is 4. The van der Waals surface area contributed by atoms with E-state index < -0.39 is 92.9 Å². The van der Waals surface area contributed by atoms with Crippen LogP contribution in [0.4, 0.5) is 0 Å². The highest BCUT2D eigenvalue weighted by atomic mass is 16.9. The molecule has 0 aromatic carbocycles. The van der Waals surface area contributed by atoms with E-state index in [-0.39, 0.29) is 24.8 Å². The fraction of sp³-hybridized carbons (Fsp3) is 0.710. The average molecular weight is 617 g/mol. The highest BCUT2D eigenvalue weighted by Gasteiger charge is 3.02. The number of carbonyl (C=O) groups excluding carboxylic acids is 3. The van der Waals surface area contributed by atoms with Crippen LogP contribution in [0.3, 0.4) is 0 Å². The van der Waals surface area contributed by atoms with E-state index in [9.17, 15) is 29.7 Å². The lowest BCUT2D eigenvalue weighted by Crippen LogP contribution is -2.93. The van der Waals surface area contributed by atoms with Crippen molar-refractivity contribution >= 4 is 17.9 Å². The molecule has 4 bridgehead atoms. The molecule has 3 aliphatic heterocycles. The van der Waals surface area contributed by atoms with Crippen LogP contribution in [0, 0.1) is 22.2 Å². The largest absolute Gasteiger partial charge is 0.472 e. The van der Waals surface area contributed by atoms with Crippen molar-refractivity contribution in [2.24, 2.45) is 22.2 Å². The lowest BCUT2D eigenvalue weighted by molar-refractivity contribution is -0.446. The summed E-state index contributed by atoms with van der Waals surface area (Å²) in [6.45, 7) is 7.93. The second-order valence-electron chi connectivity index (χ2n) is 14.5. The zero-order valence-corrected chi connectivity index (χ0v) is 25.2. The summed E-state index contributed by atoms with van der Waals surface area (Å²) in [6.07, 6.45) is -1.44. The Balaban J connectivity index is 1.46. The van der Waals surface area contributed by atoms with Crippen molar-refractivity contribution in [3.8, 4) is 0 Å². The van der Waals surface area contributed by atoms with Gasteiger partial charge in [0.05, 0.1) is 31.2 Å². The van der Waals surface area contributed by atoms with Gasteiger partial charge in [0.15, 0.2) is 11.2 Å². The van der Waals surface area contributed by atoms with E-state index in [1.807, 2.05) is 0 Å². The molecule has 44 heavy (non-hydrogen) atoms. The second-order valence-corrected chi connectivity index (χ2v) is 14.5. The first-order valence-electron chi connectivity index (χ1n) is 14.9. The topological polar surface area (TPSA) is 180 Å². The summed E-state index contributed by atoms with van der Waals surface area (Å²) in [7, 11) is 1.25. The smallest absolute Gasteiger partial charge is 0.331 e. The van der Waals surface area contributed by atoms with Gasteiger partial charge in [-0.2, -0.15) is 0 Å². The number of aliphatic hydroxyl groups is 3. The first-order valence-corrected chi connectivity index (χ1v) is 14.9. The first kappa shape index (κ1) is 28.6. The van der Waals surface area contributed by atoms with Crippen LogP contribution in [0.5, 0.6) is 0 Å². The molecule has 4 saturated carbocycles. The maximum atomic E-state index is 13.4. The minimum Gasteiger partial charge on any atom is -0.472 e. The van der Waals surface area contributed by atoms with Crippen LogP contribution in [0.1, 0.15) is 65.5 Å². The number of carbonyl (C=O) groups is 3. The molecule has 2 saturated heterocycles. The number of rotatable bonds is 4. The van der Waals surface area contributed by atoms with E-state index in [0.29, 0.717) is 5.56 Å². The van der Waals surface area contributed by atoms with Crippen molar-refractivity contribution in [1.82, 2.24) is 0 Å². The van der Waals surface area contributed by atoms with Gasteiger partial charge in [-0.25, -0.2) is 4.79 Å². The Labute approximate surface area is 252 Å². The van der Waals surface area contributed by atoms with Gasteiger partial charge in [-0.15, -0.1) is 0 Å². The minimum absolute atomic E-state index is 0.0868. The van der Waals surface area contributed by atoms with E-state index in [4.69, 9.17) is 32.8 Å². The quantitative estimate of drug-likeness (QED) is 0.325. The van der Waals surface area contributed by atoms with Gasteiger partial charge in [-0.3, -0.25) is 9.59 Å². The summed E-state index contributed by atoms with van der Waals surface area (Å²) in [4.78, 5) is 39.1. The molecule has 0 radical (unpaired) electrons. The van der Waals surface area contributed by atoms with E-state index in [1.54, 1.807) is 26.8 Å². The fourth-order valence-corrected chi connectivity index (χ4v) is 11.4. The molecule has 13 heteroatoms. The van der Waals surface area contributed by atoms with E-state index in [2.05, 4.69) is 0 Å². The van der Waals surface area contributed by atoms with Gasteiger partial charge in [-0.1, -0.05) is 13.8 Å². The third-order valence-corrected chi connectivity index (χ3v) is 12.8. The molecule has 13 nitrogen and oxygen atoms in total. The Morgan fingerprint density at radius 2 is 1.86 bits per heavy atom.